The molecule has 0 bridgehead atoms. The molecule has 174 valence electrons. The first kappa shape index (κ1) is 23.1. The van der Waals surface area contributed by atoms with Gasteiger partial charge >= 0.3 is 6.18 Å². The molecule has 0 N–H and O–H groups in total. The summed E-state index contributed by atoms with van der Waals surface area (Å²) in [5, 5.41) is 0. The Morgan fingerprint density at radius 2 is 1.88 bits per heavy atom. The number of halogens is 3. The topological polar surface area (TPSA) is 99.7 Å². The van der Waals surface area contributed by atoms with E-state index in [9.17, 15) is 26.4 Å². The summed E-state index contributed by atoms with van der Waals surface area (Å²) < 4.78 is 68.1. The first-order valence-electron chi connectivity index (χ1n) is 9.80. The van der Waals surface area contributed by atoms with Gasteiger partial charge < -0.3 is 9.13 Å². The fourth-order valence-electron chi connectivity index (χ4n) is 3.57. The maximum absolute atomic E-state index is 13.6. The van der Waals surface area contributed by atoms with Crippen molar-refractivity contribution >= 4 is 32.2 Å². The van der Waals surface area contributed by atoms with Gasteiger partial charge in [0, 0.05) is 19.8 Å². The predicted octanol–water partition coefficient (Wildman–Crippen LogP) is 3.75. The van der Waals surface area contributed by atoms with Crippen LogP contribution in [0.25, 0.3) is 33.1 Å². The predicted molar refractivity (Wildman–Crippen MR) is 118 cm³/mol. The van der Waals surface area contributed by atoms with Crippen molar-refractivity contribution in [3.63, 3.8) is 0 Å². The van der Waals surface area contributed by atoms with Crippen LogP contribution in [0.2, 0.25) is 0 Å². The van der Waals surface area contributed by atoms with Gasteiger partial charge in [-0.3, -0.25) is 9.78 Å². The van der Waals surface area contributed by atoms with E-state index in [-0.39, 0.29) is 39.7 Å². The molecule has 4 heterocycles. The SMILES string of the molecule is CCn1c(C(F)(F)F)cc2nc(-c3nc(-c4cncs4)ccc3S(=O)(=O)CC)n(C)c2c1=O. The van der Waals surface area contributed by atoms with Crippen molar-refractivity contribution in [1.29, 1.82) is 0 Å². The summed E-state index contributed by atoms with van der Waals surface area (Å²) >= 11 is 1.29. The maximum atomic E-state index is 13.6. The molecule has 4 aromatic heterocycles. The van der Waals surface area contributed by atoms with E-state index in [4.69, 9.17) is 0 Å². The number of hydrogen-bond acceptors (Lipinski definition) is 7. The van der Waals surface area contributed by atoms with E-state index in [1.165, 1.54) is 48.9 Å². The van der Waals surface area contributed by atoms with Crippen molar-refractivity contribution in [1.82, 2.24) is 24.1 Å². The standard InChI is InChI=1S/C20H18F3N5O3S2/c1-4-28-15(20(21,22)23)8-12-17(19(28)29)27(3)18(26-12)16-14(33(30,31)5-2)7-6-11(25-16)13-9-24-10-32-13/h6-10H,4-5H2,1-3H3. The molecule has 0 aliphatic carbocycles. The van der Waals surface area contributed by atoms with Crippen molar-refractivity contribution in [3.8, 4) is 22.1 Å². The Labute approximate surface area is 190 Å². The molecule has 0 atom stereocenters. The molecule has 4 rings (SSSR count). The number of nitrogens with zero attached hydrogens (tertiary/aromatic N) is 5. The number of aromatic nitrogens is 5. The summed E-state index contributed by atoms with van der Waals surface area (Å²) in [6, 6.07) is 3.72. The molecular formula is C20H18F3N5O3S2. The molecule has 0 aliphatic heterocycles. The third-order valence-corrected chi connectivity index (χ3v) is 7.77. The van der Waals surface area contributed by atoms with Crippen LogP contribution >= 0.6 is 11.3 Å². The number of alkyl halides is 3. The first-order valence-corrected chi connectivity index (χ1v) is 12.3. The minimum Gasteiger partial charge on any atom is -0.321 e. The number of rotatable bonds is 5. The zero-order valence-electron chi connectivity index (χ0n) is 17.7. The summed E-state index contributed by atoms with van der Waals surface area (Å²) in [6.07, 6.45) is -3.20. The molecule has 0 aromatic carbocycles. The van der Waals surface area contributed by atoms with E-state index in [1.54, 1.807) is 11.7 Å². The van der Waals surface area contributed by atoms with Gasteiger partial charge in [0.2, 0.25) is 0 Å². The van der Waals surface area contributed by atoms with E-state index in [0.29, 0.717) is 15.1 Å². The summed E-state index contributed by atoms with van der Waals surface area (Å²) in [7, 11) is -2.32. The number of aryl methyl sites for hydroxylation is 1. The molecule has 33 heavy (non-hydrogen) atoms. The lowest BCUT2D eigenvalue weighted by Crippen LogP contribution is -2.28. The van der Waals surface area contributed by atoms with E-state index >= 15 is 0 Å². The monoisotopic (exact) mass is 497 g/mol. The van der Waals surface area contributed by atoms with E-state index in [0.717, 1.165) is 6.07 Å². The van der Waals surface area contributed by atoms with Crippen molar-refractivity contribution in [3.05, 3.63) is 46.0 Å². The van der Waals surface area contributed by atoms with Crippen LogP contribution in [0.15, 0.2) is 39.6 Å². The van der Waals surface area contributed by atoms with Crippen LogP contribution in [0.1, 0.15) is 19.5 Å². The number of thiazole rings is 1. The minimum absolute atomic E-state index is 0.0255. The third kappa shape index (κ3) is 3.84. The molecule has 0 amide bonds. The van der Waals surface area contributed by atoms with Crippen LogP contribution < -0.4 is 5.56 Å². The molecule has 0 saturated heterocycles. The van der Waals surface area contributed by atoms with E-state index < -0.39 is 27.3 Å². The van der Waals surface area contributed by atoms with Gasteiger partial charge in [0.25, 0.3) is 5.56 Å². The molecule has 8 nitrogen and oxygen atoms in total. The van der Waals surface area contributed by atoms with Crippen molar-refractivity contribution in [2.75, 3.05) is 5.75 Å². The molecule has 0 aliphatic rings. The molecule has 4 aromatic rings. The van der Waals surface area contributed by atoms with Crippen LogP contribution in [-0.4, -0.2) is 38.3 Å². The normalized spacial score (nSPS) is 12.5. The number of sulfone groups is 1. The van der Waals surface area contributed by atoms with Gasteiger partial charge in [-0.1, -0.05) is 6.92 Å². The second kappa shape index (κ2) is 8.06. The second-order valence-corrected chi connectivity index (χ2v) is 10.3. The summed E-state index contributed by atoms with van der Waals surface area (Å²) in [5.74, 6) is -0.241. The highest BCUT2D eigenvalue weighted by Crippen LogP contribution is 2.34. The fraction of sp³-hybridized carbons (Fsp3) is 0.300. The summed E-state index contributed by atoms with van der Waals surface area (Å²) in [6.45, 7) is 2.71. The lowest BCUT2D eigenvalue weighted by atomic mass is 10.2. The lowest BCUT2D eigenvalue weighted by Gasteiger charge is -2.14. The smallest absolute Gasteiger partial charge is 0.321 e. The Balaban J connectivity index is 2.08. The Bertz CT molecular complexity index is 1520. The van der Waals surface area contributed by atoms with Crippen LogP contribution in [0, 0.1) is 0 Å². The van der Waals surface area contributed by atoms with Crippen LogP contribution in [-0.2, 0) is 29.6 Å². The third-order valence-electron chi connectivity index (χ3n) is 5.21. The molecule has 13 heteroatoms. The van der Waals surface area contributed by atoms with E-state index in [2.05, 4.69) is 15.0 Å². The van der Waals surface area contributed by atoms with Gasteiger partial charge in [0.15, 0.2) is 15.7 Å². The lowest BCUT2D eigenvalue weighted by molar-refractivity contribution is -0.144. The van der Waals surface area contributed by atoms with Crippen molar-refractivity contribution in [2.45, 2.75) is 31.5 Å². The number of hydrogen-bond donors (Lipinski definition) is 0. The van der Waals surface area contributed by atoms with Gasteiger partial charge in [-0.05, 0) is 25.1 Å². The average molecular weight is 498 g/mol. The first-order chi connectivity index (χ1) is 15.5. The number of imidazole rings is 1. The highest BCUT2D eigenvalue weighted by molar-refractivity contribution is 7.91. The second-order valence-electron chi connectivity index (χ2n) is 7.12. The molecule has 0 radical (unpaired) electrons. The zero-order valence-corrected chi connectivity index (χ0v) is 19.3. The molecule has 0 saturated carbocycles. The average Bonchev–Trinajstić information content (AvgIpc) is 3.41. The number of fused-ring (bicyclic) bond motifs is 1. The summed E-state index contributed by atoms with van der Waals surface area (Å²) in [5.41, 5.74) is -0.297. The van der Waals surface area contributed by atoms with Crippen molar-refractivity contribution in [2.24, 2.45) is 7.05 Å². The highest BCUT2D eigenvalue weighted by Gasteiger charge is 2.36. The van der Waals surface area contributed by atoms with Gasteiger partial charge in [0.1, 0.15) is 16.9 Å². The molecule has 0 unspecified atom stereocenters. The zero-order chi connectivity index (χ0) is 24.1. The van der Waals surface area contributed by atoms with Gasteiger partial charge in [-0.25, -0.2) is 18.4 Å². The van der Waals surface area contributed by atoms with Crippen molar-refractivity contribution < 1.29 is 21.6 Å². The van der Waals surface area contributed by atoms with Gasteiger partial charge in [-0.15, -0.1) is 11.3 Å². The van der Waals surface area contributed by atoms with Gasteiger partial charge in [0.05, 0.1) is 32.2 Å². The number of pyridine rings is 2. The Morgan fingerprint density at radius 3 is 2.45 bits per heavy atom. The Hall–Kier alpha value is -3.06. The molecule has 0 fully saturated rings. The van der Waals surface area contributed by atoms with E-state index in [1.807, 2.05) is 0 Å². The van der Waals surface area contributed by atoms with Crippen LogP contribution in [0.5, 0.6) is 0 Å². The Kier molecular flexibility index (Phi) is 5.65. The summed E-state index contributed by atoms with van der Waals surface area (Å²) in [4.78, 5) is 26.2. The molecular weight excluding hydrogens is 479 g/mol. The van der Waals surface area contributed by atoms with Crippen LogP contribution in [0.4, 0.5) is 13.2 Å². The highest BCUT2D eigenvalue weighted by atomic mass is 32.2. The molecule has 0 spiro atoms. The van der Waals surface area contributed by atoms with Crippen LogP contribution in [0.3, 0.4) is 0 Å². The fourth-order valence-corrected chi connectivity index (χ4v) is 5.18. The Morgan fingerprint density at radius 1 is 1.15 bits per heavy atom. The largest absolute Gasteiger partial charge is 0.431 e. The quantitative estimate of drug-likeness (QED) is 0.416. The van der Waals surface area contributed by atoms with Gasteiger partial charge in [-0.2, -0.15) is 13.2 Å². The minimum atomic E-state index is -4.76. The maximum Gasteiger partial charge on any atom is 0.431 e.